The van der Waals surface area contributed by atoms with Crippen LogP contribution >= 0.6 is 0 Å². The zero-order valence-corrected chi connectivity index (χ0v) is 10.5. The second kappa shape index (κ2) is 7.65. The van der Waals surface area contributed by atoms with E-state index in [2.05, 4.69) is 31.0 Å². The van der Waals surface area contributed by atoms with Crippen LogP contribution in [0.25, 0.3) is 0 Å². The predicted octanol–water partition coefficient (Wildman–Crippen LogP) is 0.725. The van der Waals surface area contributed by atoms with E-state index in [0.29, 0.717) is 12.5 Å². The zero-order valence-electron chi connectivity index (χ0n) is 10.5. The fourth-order valence-corrected chi connectivity index (χ4v) is 1.53. The van der Waals surface area contributed by atoms with Gasteiger partial charge in [0.25, 0.3) is 0 Å². The number of esters is 1. The van der Waals surface area contributed by atoms with Crippen LogP contribution in [0, 0.1) is 5.92 Å². The number of nitrogens with zero attached hydrogens (tertiary/aromatic N) is 1. The molecule has 0 radical (unpaired) electrons. The van der Waals surface area contributed by atoms with Gasteiger partial charge in [0.15, 0.2) is 0 Å². The van der Waals surface area contributed by atoms with Gasteiger partial charge in [0.1, 0.15) is 6.04 Å². The van der Waals surface area contributed by atoms with Crippen molar-refractivity contribution in [2.75, 3.05) is 33.8 Å². The smallest absolute Gasteiger partial charge is 0.324 e. The van der Waals surface area contributed by atoms with Crippen LogP contribution in [0.4, 0.5) is 0 Å². The van der Waals surface area contributed by atoms with Crippen molar-refractivity contribution < 1.29 is 9.53 Å². The summed E-state index contributed by atoms with van der Waals surface area (Å²) in [4.78, 5) is 13.6. The number of hydrogen-bond acceptors (Lipinski definition) is 4. The van der Waals surface area contributed by atoms with Crippen molar-refractivity contribution in [3.8, 4) is 0 Å². The molecule has 0 aliphatic heterocycles. The van der Waals surface area contributed by atoms with E-state index < -0.39 is 0 Å². The van der Waals surface area contributed by atoms with Crippen LogP contribution in [0.3, 0.4) is 0 Å². The summed E-state index contributed by atoms with van der Waals surface area (Å²) >= 11 is 0. The molecule has 15 heavy (non-hydrogen) atoms. The van der Waals surface area contributed by atoms with E-state index >= 15 is 0 Å². The minimum atomic E-state index is -0.228. The molecule has 0 fully saturated rings. The lowest BCUT2D eigenvalue weighted by Crippen LogP contribution is -2.46. The van der Waals surface area contributed by atoms with Gasteiger partial charge in [-0.25, -0.2) is 0 Å². The zero-order chi connectivity index (χ0) is 11.8. The first kappa shape index (κ1) is 14.4. The molecule has 0 amide bonds. The van der Waals surface area contributed by atoms with E-state index in [-0.39, 0.29) is 12.0 Å². The van der Waals surface area contributed by atoms with E-state index in [1.807, 2.05) is 0 Å². The van der Waals surface area contributed by atoms with Crippen molar-refractivity contribution in [2.45, 2.75) is 26.8 Å². The summed E-state index contributed by atoms with van der Waals surface area (Å²) in [5.41, 5.74) is 0. The van der Waals surface area contributed by atoms with Gasteiger partial charge in [-0.2, -0.15) is 0 Å². The molecule has 0 spiro atoms. The largest absolute Gasteiger partial charge is 0.468 e. The second-order valence-corrected chi connectivity index (χ2v) is 4.11. The van der Waals surface area contributed by atoms with E-state index in [1.54, 1.807) is 7.05 Å². The average Bonchev–Trinajstić information content (AvgIpc) is 2.22. The monoisotopic (exact) mass is 216 g/mol. The van der Waals surface area contributed by atoms with Gasteiger partial charge in [0.2, 0.25) is 0 Å². The number of carbonyl (C=O) groups excluding carboxylic acids is 1. The topological polar surface area (TPSA) is 41.6 Å². The molecule has 1 N–H and O–H groups in total. The Labute approximate surface area is 93.0 Å². The molecule has 0 saturated heterocycles. The lowest BCUT2D eigenvalue weighted by Gasteiger charge is -2.26. The van der Waals surface area contributed by atoms with Crippen LogP contribution in [-0.2, 0) is 9.53 Å². The van der Waals surface area contributed by atoms with Gasteiger partial charge >= 0.3 is 5.97 Å². The fraction of sp³-hybridized carbons (Fsp3) is 0.909. The summed E-state index contributed by atoms with van der Waals surface area (Å²) in [5.74, 6) is 0.416. The summed E-state index contributed by atoms with van der Waals surface area (Å²) in [6.07, 6.45) is 0. The molecule has 0 heterocycles. The third kappa shape index (κ3) is 5.74. The van der Waals surface area contributed by atoms with Gasteiger partial charge in [-0.05, 0) is 19.5 Å². The Bertz CT molecular complexity index is 183. The molecule has 0 aromatic rings. The maximum absolute atomic E-state index is 11.4. The van der Waals surface area contributed by atoms with Crippen LogP contribution in [-0.4, -0.2) is 50.7 Å². The number of ether oxygens (including phenoxy) is 1. The van der Waals surface area contributed by atoms with Crippen LogP contribution in [0.2, 0.25) is 0 Å². The van der Waals surface area contributed by atoms with Crippen molar-refractivity contribution >= 4 is 5.97 Å². The van der Waals surface area contributed by atoms with Gasteiger partial charge in [-0.3, -0.25) is 4.79 Å². The van der Waals surface area contributed by atoms with Gasteiger partial charge in [0.05, 0.1) is 7.11 Å². The highest BCUT2D eigenvalue weighted by molar-refractivity contribution is 5.75. The van der Waals surface area contributed by atoms with Crippen molar-refractivity contribution in [1.29, 1.82) is 0 Å². The van der Waals surface area contributed by atoms with Crippen LogP contribution < -0.4 is 5.32 Å². The molecule has 4 nitrogen and oxygen atoms in total. The number of methoxy groups -OCH3 is 1. The molecule has 0 aliphatic rings. The first-order chi connectivity index (χ1) is 7.04. The van der Waals surface area contributed by atoms with Crippen LogP contribution in [0.5, 0.6) is 0 Å². The molecule has 0 aromatic heterocycles. The number of hydrogen-bond donors (Lipinski definition) is 1. The minimum Gasteiger partial charge on any atom is -0.468 e. The van der Waals surface area contributed by atoms with Crippen LogP contribution in [0.15, 0.2) is 0 Å². The number of carbonyl (C=O) groups is 1. The molecule has 0 saturated carbocycles. The maximum atomic E-state index is 11.4. The summed E-state index contributed by atoms with van der Waals surface area (Å²) < 4.78 is 4.73. The van der Waals surface area contributed by atoms with Crippen molar-refractivity contribution in [1.82, 2.24) is 10.2 Å². The molecule has 4 heteroatoms. The normalized spacial score (nSPS) is 13.3. The Hall–Kier alpha value is -0.610. The highest BCUT2D eigenvalue weighted by atomic mass is 16.5. The van der Waals surface area contributed by atoms with Crippen LogP contribution in [0.1, 0.15) is 20.8 Å². The Morgan fingerprint density at radius 3 is 2.33 bits per heavy atom. The SMILES string of the molecule is CCN(CC(C)C)CC(NC)C(=O)OC. The third-order valence-corrected chi connectivity index (χ3v) is 2.35. The highest BCUT2D eigenvalue weighted by Crippen LogP contribution is 2.00. The molecular formula is C11H24N2O2. The van der Waals surface area contributed by atoms with E-state index in [1.165, 1.54) is 7.11 Å². The quantitative estimate of drug-likeness (QED) is 0.637. The molecule has 0 aromatic carbocycles. The summed E-state index contributed by atoms with van der Waals surface area (Å²) in [7, 11) is 3.20. The third-order valence-electron chi connectivity index (χ3n) is 2.35. The van der Waals surface area contributed by atoms with Gasteiger partial charge in [-0.1, -0.05) is 20.8 Å². The minimum absolute atomic E-state index is 0.195. The highest BCUT2D eigenvalue weighted by Gasteiger charge is 2.19. The second-order valence-electron chi connectivity index (χ2n) is 4.11. The van der Waals surface area contributed by atoms with Crippen molar-refractivity contribution in [3.63, 3.8) is 0 Å². The summed E-state index contributed by atoms with van der Waals surface area (Å²) in [6.45, 7) is 9.12. The first-order valence-corrected chi connectivity index (χ1v) is 5.52. The summed E-state index contributed by atoms with van der Waals surface area (Å²) in [6, 6.07) is -0.228. The Morgan fingerprint density at radius 1 is 1.40 bits per heavy atom. The molecule has 0 aliphatic carbocycles. The lowest BCUT2D eigenvalue weighted by atomic mass is 10.2. The molecule has 1 unspecified atom stereocenters. The van der Waals surface area contributed by atoms with Crippen molar-refractivity contribution in [3.05, 3.63) is 0 Å². The standard InChI is InChI=1S/C11H24N2O2/c1-6-13(7-9(2)3)8-10(12-4)11(14)15-5/h9-10,12H,6-8H2,1-5H3. The average molecular weight is 216 g/mol. The van der Waals surface area contributed by atoms with Gasteiger partial charge < -0.3 is 15.0 Å². The van der Waals surface area contributed by atoms with E-state index in [4.69, 9.17) is 4.74 Å². The molecular weight excluding hydrogens is 192 g/mol. The maximum Gasteiger partial charge on any atom is 0.324 e. The lowest BCUT2D eigenvalue weighted by molar-refractivity contribution is -0.143. The molecule has 90 valence electrons. The molecule has 0 bridgehead atoms. The predicted molar refractivity (Wildman–Crippen MR) is 61.8 cm³/mol. The first-order valence-electron chi connectivity index (χ1n) is 5.52. The number of likely N-dealkylation sites (N-methyl/N-ethyl adjacent to an activating group) is 2. The van der Waals surface area contributed by atoms with E-state index in [9.17, 15) is 4.79 Å². The van der Waals surface area contributed by atoms with E-state index in [0.717, 1.165) is 13.1 Å². The summed E-state index contributed by atoms with van der Waals surface area (Å²) in [5, 5.41) is 2.97. The molecule has 0 rings (SSSR count). The number of nitrogens with one attached hydrogen (secondary N) is 1. The number of rotatable bonds is 7. The Morgan fingerprint density at radius 2 is 2.00 bits per heavy atom. The molecule has 1 atom stereocenters. The van der Waals surface area contributed by atoms with Crippen molar-refractivity contribution in [2.24, 2.45) is 5.92 Å². The fourth-order valence-electron chi connectivity index (χ4n) is 1.53. The Kier molecular flexibility index (Phi) is 7.34. The Balaban J connectivity index is 4.17. The van der Waals surface area contributed by atoms with Gasteiger partial charge in [-0.15, -0.1) is 0 Å². The van der Waals surface area contributed by atoms with Gasteiger partial charge in [0, 0.05) is 13.1 Å².